The lowest BCUT2D eigenvalue weighted by Gasteiger charge is -2.00. The summed E-state index contributed by atoms with van der Waals surface area (Å²) in [6.45, 7) is 0. The lowest BCUT2D eigenvalue weighted by Crippen LogP contribution is -2.14. The van der Waals surface area contributed by atoms with Crippen molar-refractivity contribution < 1.29 is 0 Å². The lowest BCUT2D eigenvalue weighted by molar-refractivity contribution is 1.01. The van der Waals surface area contributed by atoms with Gasteiger partial charge in [-0.1, -0.05) is 6.07 Å². The van der Waals surface area contributed by atoms with E-state index in [2.05, 4.69) is 17.6 Å². The normalized spacial score (nSPS) is 10.5. The van der Waals surface area contributed by atoms with Gasteiger partial charge in [0.2, 0.25) is 0 Å². The molecule has 0 spiro atoms. The second kappa shape index (κ2) is 3.22. The average Bonchev–Trinajstić information content (AvgIpc) is 2.18. The molecular weight excluding hydrogens is 184 g/mol. The maximum Gasteiger partial charge on any atom is 0.258 e. The van der Waals surface area contributed by atoms with Crippen LogP contribution in [0, 0.1) is 0 Å². The van der Waals surface area contributed by atoms with Crippen LogP contribution < -0.4 is 5.56 Å². The number of nitrogens with zero attached hydrogens (tertiary/aromatic N) is 2. The molecular formula is C9H8N2OS. The molecule has 3 nitrogen and oxygen atoms in total. The molecule has 0 atom stereocenters. The maximum absolute atomic E-state index is 11.4. The minimum Gasteiger partial charge on any atom is -0.269 e. The van der Waals surface area contributed by atoms with Crippen LogP contribution >= 0.6 is 12.6 Å². The molecule has 0 saturated heterocycles. The Morgan fingerprint density at radius 2 is 2.31 bits per heavy atom. The summed E-state index contributed by atoms with van der Waals surface area (Å²) in [5.74, 6) is 0.487. The summed E-state index contributed by atoms with van der Waals surface area (Å²) >= 11 is 4.07. The highest BCUT2D eigenvalue weighted by atomic mass is 32.1. The van der Waals surface area contributed by atoms with Gasteiger partial charge in [0.15, 0.2) is 0 Å². The van der Waals surface area contributed by atoms with Gasteiger partial charge >= 0.3 is 0 Å². The number of thiol groups is 1. The third-order valence-corrected chi connectivity index (χ3v) is 2.11. The Bertz CT molecular complexity index is 492. The summed E-state index contributed by atoms with van der Waals surface area (Å²) in [5.41, 5.74) is 1.31. The first-order valence-electron chi connectivity index (χ1n) is 3.89. The van der Waals surface area contributed by atoms with Crippen molar-refractivity contribution in [1.82, 2.24) is 9.38 Å². The van der Waals surface area contributed by atoms with E-state index in [9.17, 15) is 4.79 Å². The highest BCUT2D eigenvalue weighted by Gasteiger charge is 1.98. The van der Waals surface area contributed by atoms with Gasteiger partial charge in [-0.3, -0.25) is 9.20 Å². The topological polar surface area (TPSA) is 34.4 Å². The Morgan fingerprint density at radius 3 is 3.08 bits per heavy atom. The van der Waals surface area contributed by atoms with Gasteiger partial charge in [-0.15, -0.1) is 0 Å². The fourth-order valence-electron chi connectivity index (χ4n) is 1.18. The van der Waals surface area contributed by atoms with E-state index < -0.39 is 0 Å². The second-order valence-electron chi connectivity index (χ2n) is 2.67. The minimum atomic E-state index is -0.0605. The molecule has 0 unspecified atom stereocenters. The van der Waals surface area contributed by atoms with Crippen LogP contribution in [0.5, 0.6) is 0 Å². The van der Waals surface area contributed by atoms with Crippen LogP contribution in [0.4, 0.5) is 0 Å². The minimum absolute atomic E-state index is 0.0605. The van der Waals surface area contributed by atoms with Crippen LogP contribution in [0.3, 0.4) is 0 Å². The fourth-order valence-corrected chi connectivity index (χ4v) is 1.35. The highest BCUT2D eigenvalue weighted by Crippen LogP contribution is 2.00. The number of rotatable bonds is 1. The molecule has 0 aliphatic heterocycles. The lowest BCUT2D eigenvalue weighted by atomic mass is 10.4. The van der Waals surface area contributed by atoms with E-state index in [0.29, 0.717) is 17.1 Å². The molecule has 0 fully saturated rings. The van der Waals surface area contributed by atoms with Crippen LogP contribution in [-0.4, -0.2) is 9.38 Å². The zero-order chi connectivity index (χ0) is 9.26. The summed E-state index contributed by atoms with van der Waals surface area (Å²) in [5, 5.41) is 0. The van der Waals surface area contributed by atoms with Crippen LogP contribution in [0.25, 0.3) is 5.65 Å². The summed E-state index contributed by atoms with van der Waals surface area (Å²) in [4.78, 5) is 15.7. The zero-order valence-electron chi connectivity index (χ0n) is 6.84. The monoisotopic (exact) mass is 192 g/mol. The molecule has 0 radical (unpaired) electrons. The molecule has 13 heavy (non-hydrogen) atoms. The van der Waals surface area contributed by atoms with Crippen LogP contribution in [0.2, 0.25) is 0 Å². The quantitative estimate of drug-likeness (QED) is 0.687. The predicted molar refractivity (Wildman–Crippen MR) is 54.2 cm³/mol. The number of hydrogen-bond acceptors (Lipinski definition) is 3. The number of fused-ring (bicyclic) bond motifs is 1. The van der Waals surface area contributed by atoms with Gasteiger partial charge < -0.3 is 0 Å². The van der Waals surface area contributed by atoms with Crippen molar-refractivity contribution in [3.8, 4) is 0 Å². The summed E-state index contributed by atoms with van der Waals surface area (Å²) in [7, 11) is 0. The first-order chi connectivity index (χ1) is 6.31. The van der Waals surface area contributed by atoms with E-state index in [-0.39, 0.29) is 5.56 Å². The summed E-state index contributed by atoms with van der Waals surface area (Å²) < 4.78 is 1.51. The van der Waals surface area contributed by atoms with Gasteiger partial charge in [-0.2, -0.15) is 12.6 Å². The summed E-state index contributed by atoms with van der Waals surface area (Å²) in [6.07, 6.45) is 1.70. The first kappa shape index (κ1) is 8.31. The van der Waals surface area contributed by atoms with Crippen LogP contribution in [-0.2, 0) is 5.75 Å². The molecule has 4 heteroatoms. The average molecular weight is 192 g/mol. The van der Waals surface area contributed by atoms with Crippen molar-refractivity contribution in [2.24, 2.45) is 0 Å². The van der Waals surface area contributed by atoms with Crippen LogP contribution in [0.15, 0.2) is 35.3 Å². The van der Waals surface area contributed by atoms with E-state index in [1.807, 2.05) is 6.07 Å². The van der Waals surface area contributed by atoms with E-state index in [1.54, 1.807) is 18.3 Å². The Hall–Kier alpha value is -1.29. The van der Waals surface area contributed by atoms with E-state index in [4.69, 9.17) is 0 Å². The van der Waals surface area contributed by atoms with Gasteiger partial charge in [0.05, 0.1) is 5.69 Å². The van der Waals surface area contributed by atoms with Crippen molar-refractivity contribution in [2.75, 3.05) is 0 Å². The molecule has 2 aromatic rings. The number of hydrogen-bond donors (Lipinski definition) is 1. The molecule has 0 bridgehead atoms. The Labute approximate surface area is 80.5 Å². The third kappa shape index (κ3) is 1.45. The van der Waals surface area contributed by atoms with Crippen LogP contribution in [0.1, 0.15) is 5.69 Å². The van der Waals surface area contributed by atoms with E-state index in [0.717, 1.165) is 0 Å². The van der Waals surface area contributed by atoms with Crippen molar-refractivity contribution >= 4 is 18.3 Å². The molecule has 0 aromatic carbocycles. The van der Waals surface area contributed by atoms with Crippen molar-refractivity contribution in [2.45, 2.75) is 5.75 Å². The van der Waals surface area contributed by atoms with E-state index in [1.165, 1.54) is 10.5 Å². The highest BCUT2D eigenvalue weighted by molar-refractivity contribution is 7.79. The summed E-state index contributed by atoms with van der Waals surface area (Å²) in [6, 6.07) is 6.95. The maximum atomic E-state index is 11.4. The second-order valence-corrected chi connectivity index (χ2v) is 2.99. The molecule has 2 heterocycles. The fraction of sp³-hybridized carbons (Fsp3) is 0.111. The third-order valence-electron chi connectivity index (χ3n) is 1.79. The smallest absolute Gasteiger partial charge is 0.258 e. The van der Waals surface area contributed by atoms with Crippen molar-refractivity contribution in [3.05, 3.63) is 46.5 Å². The van der Waals surface area contributed by atoms with Gasteiger partial charge in [0.1, 0.15) is 5.65 Å². The van der Waals surface area contributed by atoms with E-state index >= 15 is 0 Å². The predicted octanol–water partition coefficient (Wildman–Crippen LogP) is 1.12. The molecule has 0 amide bonds. The van der Waals surface area contributed by atoms with Gasteiger partial charge in [-0.05, 0) is 12.1 Å². The molecule has 0 aliphatic carbocycles. The Balaban J connectivity index is 2.85. The number of pyridine rings is 1. The van der Waals surface area contributed by atoms with Crippen molar-refractivity contribution in [1.29, 1.82) is 0 Å². The zero-order valence-corrected chi connectivity index (χ0v) is 7.74. The van der Waals surface area contributed by atoms with Crippen molar-refractivity contribution in [3.63, 3.8) is 0 Å². The first-order valence-corrected chi connectivity index (χ1v) is 4.53. The largest absolute Gasteiger partial charge is 0.269 e. The Kier molecular flexibility index (Phi) is 2.06. The van der Waals surface area contributed by atoms with Gasteiger partial charge in [-0.25, -0.2) is 4.98 Å². The molecule has 66 valence electrons. The number of aromatic nitrogens is 2. The Morgan fingerprint density at radius 1 is 1.46 bits per heavy atom. The molecule has 0 saturated carbocycles. The SMILES string of the molecule is O=c1cc(CS)nc2ccccn12. The van der Waals surface area contributed by atoms with Gasteiger partial charge in [0.25, 0.3) is 5.56 Å². The molecule has 0 N–H and O–H groups in total. The van der Waals surface area contributed by atoms with Gasteiger partial charge in [0, 0.05) is 18.0 Å². The standard InChI is InChI=1S/C9H8N2OS/c12-9-5-7(6-13)10-8-3-1-2-4-11(8)9/h1-5,13H,6H2. The molecule has 2 aromatic heterocycles. The molecule has 2 rings (SSSR count). The molecule has 0 aliphatic rings.